The summed E-state index contributed by atoms with van der Waals surface area (Å²) in [5.74, 6) is 1.87. The maximum Gasteiger partial charge on any atom is 0.180 e. The molecule has 6 saturated carbocycles. The lowest BCUT2D eigenvalue weighted by atomic mass is 9.55. The highest BCUT2D eigenvalue weighted by molar-refractivity contribution is 7.93. The van der Waals surface area contributed by atoms with Crippen LogP contribution in [0.4, 0.5) is 4.39 Å². The van der Waals surface area contributed by atoms with E-state index in [9.17, 15) is 17.6 Å². The molecule has 6 aliphatic rings. The van der Waals surface area contributed by atoms with E-state index in [-0.39, 0.29) is 11.7 Å². The Kier molecular flexibility index (Phi) is 4.36. The standard InChI is InChI=1S/C24H29FO4S/c25-21-11-23(29-24-16-6-13-5-14(8-16)9-17(24)7-13)19(15-1-2-15)10-20(21)22(26)12-30(27,28)18-3-4-18/h10-11,13-18,24H,1-9,12H2. The van der Waals surface area contributed by atoms with Crippen molar-refractivity contribution in [1.82, 2.24) is 0 Å². The lowest BCUT2D eigenvalue weighted by molar-refractivity contribution is -0.0793. The Hall–Kier alpha value is -1.43. The minimum absolute atomic E-state index is 0.0847. The molecule has 0 spiro atoms. The molecule has 0 radical (unpaired) electrons. The van der Waals surface area contributed by atoms with Gasteiger partial charge in [-0.1, -0.05) is 0 Å². The van der Waals surface area contributed by atoms with E-state index in [1.165, 1.54) is 38.2 Å². The Morgan fingerprint density at radius 3 is 2.17 bits per heavy atom. The van der Waals surface area contributed by atoms with Crippen LogP contribution in [-0.2, 0) is 9.84 Å². The predicted molar refractivity (Wildman–Crippen MR) is 111 cm³/mol. The van der Waals surface area contributed by atoms with Crippen molar-refractivity contribution < 1.29 is 22.3 Å². The molecule has 7 rings (SSSR count). The van der Waals surface area contributed by atoms with Crippen molar-refractivity contribution in [3.05, 3.63) is 29.1 Å². The first-order valence-electron chi connectivity index (χ1n) is 11.6. The number of Topliss-reactive ketones (excluding diaryl/α,β-unsaturated/α-hetero) is 1. The Morgan fingerprint density at radius 2 is 1.60 bits per heavy atom. The van der Waals surface area contributed by atoms with Crippen molar-refractivity contribution in [3.8, 4) is 5.75 Å². The largest absolute Gasteiger partial charge is 0.489 e. The van der Waals surface area contributed by atoms with Gasteiger partial charge in [-0.15, -0.1) is 0 Å². The van der Waals surface area contributed by atoms with Gasteiger partial charge in [0, 0.05) is 6.07 Å². The third-order valence-corrected chi connectivity index (χ3v) is 10.3. The van der Waals surface area contributed by atoms with E-state index < -0.39 is 32.4 Å². The van der Waals surface area contributed by atoms with Gasteiger partial charge in [-0.3, -0.25) is 4.79 Å². The molecule has 6 heteroatoms. The highest BCUT2D eigenvalue weighted by Gasteiger charge is 2.49. The predicted octanol–water partition coefficient (Wildman–Crippen LogP) is 4.67. The Bertz CT molecular complexity index is 965. The van der Waals surface area contributed by atoms with Gasteiger partial charge in [-0.2, -0.15) is 0 Å². The summed E-state index contributed by atoms with van der Waals surface area (Å²) in [6, 6.07) is 2.97. The van der Waals surface area contributed by atoms with Gasteiger partial charge >= 0.3 is 0 Å². The number of carbonyl (C=O) groups is 1. The molecule has 4 nitrogen and oxygen atoms in total. The minimum Gasteiger partial charge on any atom is -0.489 e. The van der Waals surface area contributed by atoms with E-state index in [1.54, 1.807) is 6.07 Å². The first-order chi connectivity index (χ1) is 14.4. The van der Waals surface area contributed by atoms with Gasteiger partial charge in [-0.25, -0.2) is 12.8 Å². The van der Waals surface area contributed by atoms with E-state index in [2.05, 4.69) is 0 Å². The zero-order valence-electron chi connectivity index (χ0n) is 17.2. The maximum atomic E-state index is 15.0. The van der Waals surface area contributed by atoms with Crippen molar-refractivity contribution in [3.63, 3.8) is 0 Å². The van der Waals surface area contributed by atoms with Gasteiger partial charge in [0.2, 0.25) is 0 Å². The number of halogens is 1. The van der Waals surface area contributed by atoms with Crippen molar-refractivity contribution in [1.29, 1.82) is 0 Å². The second kappa shape index (κ2) is 6.78. The van der Waals surface area contributed by atoms with E-state index in [4.69, 9.17) is 4.74 Å². The van der Waals surface area contributed by atoms with Gasteiger partial charge in [0.25, 0.3) is 0 Å². The third kappa shape index (κ3) is 3.39. The number of carbonyl (C=O) groups excluding carboxylic acids is 1. The first-order valence-corrected chi connectivity index (χ1v) is 13.3. The fourth-order valence-electron chi connectivity index (χ4n) is 6.62. The summed E-state index contributed by atoms with van der Waals surface area (Å²) in [6.07, 6.45) is 9.71. The second-order valence-electron chi connectivity index (χ2n) is 10.6. The molecule has 0 saturated heterocycles. The monoisotopic (exact) mass is 432 g/mol. The van der Waals surface area contributed by atoms with Crippen LogP contribution in [0.2, 0.25) is 0 Å². The van der Waals surface area contributed by atoms with Crippen LogP contribution >= 0.6 is 0 Å². The molecule has 6 aliphatic carbocycles. The SMILES string of the molecule is O=C(CS(=O)(=O)C1CC1)c1cc(C2CC2)c(OC2C3CC4CC(C3)CC2C4)cc1F. The molecule has 6 fully saturated rings. The number of ketones is 1. The summed E-state index contributed by atoms with van der Waals surface area (Å²) in [5.41, 5.74) is 0.816. The molecule has 0 aromatic heterocycles. The average Bonchev–Trinajstić information content (AvgIpc) is 3.55. The van der Waals surface area contributed by atoms with Crippen LogP contribution in [0, 0.1) is 29.5 Å². The lowest BCUT2D eigenvalue weighted by Crippen LogP contribution is -2.50. The number of hydrogen-bond acceptors (Lipinski definition) is 4. The number of sulfone groups is 1. The highest BCUT2D eigenvalue weighted by atomic mass is 32.2. The molecule has 1 aromatic carbocycles. The van der Waals surface area contributed by atoms with E-state index in [0.29, 0.717) is 36.3 Å². The third-order valence-electron chi connectivity index (χ3n) is 8.18. The van der Waals surface area contributed by atoms with Gasteiger partial charge in [0.1, 0.15) is 23.4 Å². The van der Waals surface area contributed by atoms with Crippen LogP contribution in [-0.4, -0.2) is 31.3 Å². The molecule has 0 atom stereocenters. The highest BCUT2D eigenvalue weighted by Crippen LogP contribution is 2.55. The van der Waals surface area contributed by atoms with Gasteiger partial charge < -0.3 is 4.74 Å². The summed E-state index contributed by atoms with van der Waals surface area (Å²) in [6.45, 7) is 0. The van der Waals surface area contributed by atoms with Crippen molar-refractivity contribution >= 4 is 15.6 Å². The van der Waals surface area contributed by atoms with Crippen LogP contribution in [0.5, 0.6) is 5.75 Å². The average molecular weight is 433 g/mol. The summed E-state index contributed by atoms with van der Waals surface area (Å²) >= 11 is 0. The number of ether oxygens (including phenoxy) is 1. The van der Waals surface area contributed by atoms with Crippen LogP contribution in [0.3, 0.4) is 0 Å². The van der Waals surface area contributed by atoms with Crippen LogP contribution < -0.4 is 4.74 Å². The molecule has 0 N–H and O–H groups in total. The normalized spacial score (nSPS) is 34.9. The minimum atomic E-state index is -3.46. The fraction of sp³-hybridized carbons (Fsp3) is 0.708. The summed E-state index contributed by atoms with van der Waals surface area (Å²) in [7, 11) is -3.46. The molecule has 0 amide bonds. The Morgan fingerprint density at radius 1 is 0.967 bits per heavy atom. The quantitative estimate of drug-likeness (QED) is 0.588. The molecule has 0 heterocycles. The summed E-state index contributed by atoms with van der Waals surface area (Å²) in [5, 5.41) is -0.410. The molecule has 0 aliphatic heterocycles. The molecular weight excluding hydrogens is 403 g/mol. The van der Waals surface area contributed by atoms with Gasteiger partial charge in [-0.05, 0) is 99.0 Å². The zero-order chi connectivity index (χ0) is 20.6. The number of benzene rings is 1. The maximum absolute atomic E-state index is 15.0. The van der Waals surface area contributed by atoms with Crippen molar-refractivity contribution in [2.75, 3.05) is 5.75 Å². The molecule has 4 bridgehead atoms. The van der Waals surface area contributed by atoms with Crippen LogP contribution in [0.15, 0.2) is 12.1 Å². The smallest absolute Gasteiger partial charge is 0.180 e. The fourth-order valence-corrected chi connectivity index (χ4v) is 8.23. The number of rotatable bonds is 7. The van der Waals surface area contributed by atoms with E-state index >= 15 is 0 Å². The summed E-state index contributed by atoms with van der Waals surface area (Å²) in [4.78, 5) is 12.7. The lowest BCUT2D eigenvalue weighted by Gasteiger charge is -2.53. The van der Waals surface area contributed by atoms with E-state index in [1.807, 2.05) is 0 Å². The first kappa shape index (κ1) is 19.3. The number of hydrogen-bond donors (Lipinski definition) is 0. The van der Waals surface area contributed by atoms with Gasteiger partial charge in [0.05, 0.1) is 10.8 Å². The second-order valence-corrected chi connectivity index (χ2v) is 12.9. The summed E-state index contributed by atoms with van der Waals surface area (Å²) < 4.78 is 45.9. The Balaban J connectivity index is 1.27. The van der Waals surface area contributed by atoms with Crippen molar-refractivity contribution in [2.45, 2.75) is 75.1 Å². The Labute approximate surface area is 177 Å². The van der Waals surface area contributed by atoms with Crippen LogP contribution in [0.25, 0.3) is 0 Å². The van der Waals surface area contributed by atoms with Crippen LogP contribution in [0.1, 0.15) is 79.6 Å². The van der Waals surface area contributed by atoms with Crippen molar-refractivity contribution in [2.24, 2.45) is 23.7 Å². The van der Waals surface area contributed by atoms with E-state index in [0.717, 1.165) is 30.2 Å². The molecular formula is C24H29FO4S. The topological polar surface area (TPSA) is 60.4 Å². The molecule has 1 aromatic rings. The molecule has 162 valence electrons. The molecule has 30 heavy (non-hydrogen) atoms. The van der Waals surface area contributed by atoms with Gasteiger partial charge in [0.15, 0.2) is 15.6 Å². The zero-order valence-corrected chi connectivity index (χ0v) is 18.0. The molecule has 0 unspecified atom stereocenters.